The van der Waals surface area contributed by atoms with Gasteiger partial charge in [0, 0.05) is 29.4 Å². The number of rotatable bonds is 4. The third-order valence-electron chi connectivity index (χ3n) is 2.38. The molecule has 0 bridgehead atoms. The molecule has 5 heteroatoms. The molecule has 1 aromatic carbocycles. The molecule has 90 valence electrons. The molecule has 0 saturated carbocycles. The van der Waals surface area contributed by atoms with Crippen molar-refractivity contribution in [3.05, 3.63) is 39.9 Å². The highest BCUT2D eigenvalue weighted by Crippen LogP contribution is 2.26. The van der Waals surface area contributed by atoms with Gasteiger partial charge in [-0.05, 0) is 18.2 Å². The van der Waals surface area contributed by atoms with E-state index in [0.29, 0.717) is 5.02 Å². The van der Waals surface area contributed by atoms with Gasteiger partial charge < -0.3 is 10.1 Å². The van der Waals surface area contributed by atoms with E-state index in [-0.39, 0.29) is 0 Å². The number of halogens is 1. The Morgan fingerprint density at radius 1 is 1.47 bits per heavy atom. The Bertz CT molecular complexity index is 513. The molecule has 2 rings (SSSR count). The zero-order valence-electron chi connectivity index (χ0n) is 9.66. The number of hydrogen-bond donors (Lipinski definition) is 1. The summed E-state index contributed by atoms with van der Waals surface area (Å²) in [4.78, 5) is 4.44. The van der Waals surface area contributed by atoms with Crippen molar-refractivity contribution in [2.24, 2.45) is 0 Å². The second kappa shape index (κ2) is 5.38. The van der Waals surface area contributed by atoms with Crippen LogP contribution in [0.5, 0.6) is 5.75 Å². The summed E-state index contributed by atoms with van der Waals surface area (Å²) in [6.07, 6.45) is 0.724. The molecule has 1 N–H and O–H groups in total. The SMILES string of the molecule is CNc1nc(Cc2cc(Cl)ccc2OC)cs1. The van der Waals surface area contributed by atoms with Gasteiger partial charge >= 0.3 is 0 Å². The molecule has 0 radical (unpaired) electrons. The molecule has 0 aliphatic carbocycles. The molecule has 0 amide bonds. The molecular formula is C12H13ClN2OS. The molecule has 1 aromatic heterocycles. The molecule has 1 heterocycles. The summed E-state index contributed by atoms with van der Waals surface area (Å²) in [6.45, 7) is 0. The first-order chi connectivity index (χ1) is 8.22. The summed E-state index contributed by atoms with van der Waals surface area (Å²) >= 11 is 7.58. The van der Waals surface area contributed by atoms with Crippen LogP contribution in [0.4, 0.5) is 5.13 Å². The summed E-state index contributed by atoms with van der Waals surface area (Å²) in [6, 6.07) is 5.62. The van der Waals surface area contributed by atoms with Crippen LogP contribution in [-0.2, 0) is 6.42 Å². The minimum absolute atomic E-state index is 0.713. The fraction of sp³-hybridized carbons (Fsp3) is 0.250. The van der Waals surface area contributed by atoms with Gasteiger partial charge in [-0.1, -0.05) is 11.6 Å². The van der Waals surface area contributed by atoms with E-state index in [1.807, 2.05) is 30.6 Å². The number of nitrogens with zero attached hydrogens (tertiary/aromatic N) is 1. The Labute approximate surface area is 109 Å². The molecule has 17 heavy (non-hydrogen) atoms. The first kappa shape index (κ1) is 12.2. The normalized spacial score (nSPS) is 10.3. The molecular weight excluding hydrogens is 256 g/mol. The maximum atomic E-state index is 5.99. The lowest BCUT2D eigenvalue weighted by Crippen LogP contribution is -1.95. The lowest BCUT2D eigenvalue weighted by atomic mass is 10.1. The van der Waals surface area contributed by atoms with E-state index < -0.39 is 0 Å². The van der Waals surface area contributed by atoms with Gasteiger partial charge in [-0.25, -0.2) is 4.98 Å². The number of anilines is 1. The van der Waals surface area contributed by atoms with Gasteiger partial charge in [0.25, 0.3) is 0 Å². The summed E-state index contributed by atoms with van der Waals surface area (Å²) in [7, 11) is 3.52. The maximum absolute atomic E-state index is 5.99. The minimum atomic E-state index is 0.713. The van der Waals surface area contributed by atoms with Crippen molar-refractivity contribution in [2.75, 3.05) is 19.5 Å². The van der Waals surface area contributed by atoms with Crippen LogP contribution in [0.1, 0.15) is 11.3 Å². The third-order valence-corrected chi connectivity index (χ3v) is 3.52. The summed E-state index contributed by atoms with van der Waals surface area (Å²) in [5, 5.41) is 6.69. The van der Waals surface area contributed by atoms with Crippen molar-refractivity contribution in [3.8, 4) is 5.75 Å². The van der Waals surface area contributed by atoms with Crippen LogP contribution in [0.25, 0.3) is 0 Å². The van der Waals surface area contributed by atoms with E-state index in [4.69, 9.17) is 16.3 Å². The number of ether oxygens (including phenoxy) is 1. The highest BCUT2D eigenvalue weighted by atomic mass is 35.5. The second-order valence-electron chi connectivity index (χ2n) is 3.53. The van der Waals surface area contributed by atoms with E-state index in [1.165, 1.54) is 0 Å². The van der Waals surface area contributed by atoms with Crippen LogP contribution in [0, 0.1) is 0 Å². The number of nitrogens with one attached hydrogen (secondary N) is 1. The lowest BCUT2D eigenvalue weighted by Gasteiger charge is -2.07. The van der Waals surface area contributed by atoms with Crippen LogP contribution < -0.4 is 10.1 Å². The van der Waals surface area contributed by atoms with Gasteiger partial charge in [0.2, 0.25) is 0 Å². The third kappa shape index (κ3) is 2.90. The van der Waals surface area contributed by atoms with Crippen LogP contribution in [0.15, 0.2) is 23.6 Å². The van der Waals surface area contributed by atoms with Crippen LogP contribution in [-0.4, -0.2) is 19.1 Å². The van der Waals surface area contributed by atoms with E-state index in [9.17, 15) is 0 Å². The monoisotopic (exact) mass is 268 g/mol. The van der Waals surface area contributed by atoms with Gasteiger partial charge in [-0.2, -0.15) is 0 Å². The smallest absolute Gasteiger partial charge is 0.182 e. The van der Waals surface area contributed by atoms with Gasteiger partial charge in [0.15, 0.2) is 5.13 Å². The van der Waals surface area contributed by atoms with Crippen LogP contribution in [0.2, 0.25) is 5.02 Å². The van der Waals surface area contributed by atoms with Gasteiger partial charge in [0.1, 0.15) is 5.75 Å². The summed E-state index contributed by atoms with van der Waals surface area (Å²) in [5.41, 5.74) is 2.06. The highest BCUT2D eigenvalue weighted by molar-refractivity contribution is 7.13. The average molecular weight is 269 g/mol. The molecule has 0 aliphatic heterocycles. The Hall–Kier alpha value is -1.26. The topological polar surface area (TPSA) is 34.2 Å². The Morgan fingerprint density at radius 3 is 2.94 bits per heavy atom. The van der Waals surface area contributed by atoms with E-state index in [1.54, 1.807) is 18.4 Å². The molecule has 3 nitrogen and oxygen atoms in total. The molecule has 0 unspecified atom stereocenters. The minimum Gasteiger partial charge on any atom is -0.496 e. The number of aromatic nitrogens is 1. The zero-order chi connectivity index (χ0) is 12.3. The van der Waals surface area contributed by atoms with Gasteiger partial charge in [-0.15, -0.1) is 11.3 Å². The van der Waals surface area contributed by atoms with Crippen molar-refractivity contribution in [1.82, 2.24) is 4.98 Å². The molecule has 2 aromatic rings. The van der Waals surface area contributed by atoms with Crippen molar-refractivity contribution in [1.29, 1.82) is 0 Å². The fourth-order valence-corrected chi connectivity index (χ4v) is 2.45. The molecule has 0 atom stereocenters. The van der Waals surface area contributed by atoms with Gasteiger partial charge in [-0.3, -0.25) is 0 Å². The number of methoxy groups -OCH3 is 1. The second-order valence-corrected chi connectivity index (χ2v) is 4.82. The Balaban J connectivity index is 2.25. The first-order valence-electron chi connectivity index (χ1n) is 5.17. The zero-order valence-corrected chi connectivity index (χ0v) is 11.2. The predicted octanol–water partition coefficient (Wildman–Crippen LogP) is 3.44. The highest BCUT2D eigenvalue weighted by Gasteiger charge is 2.07. The number of hydrogen-bond acceptors (Lipinski definition) is 4. The molecule has 0 fully saturated rings. The van der Waals surface area contributed by atoms with Crippen LogP contribution >= 0.6 is 22.9 Å². The first-order valence-corrected chi connectivity index (χ1v) is 6.43. The predicted molar refractivity (Wildman–Crippen MR) is 72.5 cm³/mol. The summed E-state index contributed by atoms with van der Waals surface area (Å²) < 4.78 is 5.31. The maximum Gasteiger partial charge on any atom is 0.182 e. The largest absolute Gasteiger partial charge is 0.496 e. The van der Waals surface area contributed by atoms with Crippen molar-refractivity contribution in [2.45, 2.75) is 6.42 Å². The quantitative estimate of drug-likeness (QED) is 0.922. The lowest BCUT2D eigenvalue weighted by molar-refractivity contribution is 0.410. The number of benzene rings is 1. The van der Waals surface area contributed by atoms with Crippen molar-refractivity contribution in [3.63, 3.8) is 0 Å². The van der Waals surface area contributed by atoms with E-state index in [2.05, 4.69) is 10.3 Å². The fourth-order valence-electron chi connectivity index (χ4n) is 1.58. The Kier molecular flexibility index (Phi) is 3.86. The van der Waals surface area contributed by atoms with E-state index in [0.717, 1.165) is 28.6 Å². The summed E-state index contributed by atoms with van der Waals surface area (Å²) in [5.74, 6) is 0.841. The van der Waals surface area contributed by atoms with Crippen molar-refractivity contribution >= 4 is 28.1 Å². The van der Waals surface area contributed by atoms with Gasteiger partial charge in [0.05, 0.1) is 12.8 Å². The van der Waals surface area contributed by atoms with E-state index >= 15 is 0 Å². The Morgan fingerprint density at radius 2 is 2.29 bits per heavy atom. The number of thiazole rings is 1. The molecule has 0 spiro atoms. The van der Waals surface area contributed by atoms with Crippen LogP contribution in [0.3, 0.4) is 0 Å². The molecule has 0 saturated heterocycles. The van der Waals surface area contributed by atoms with Crippen molar-refractivity contribution < 1.29 is 4.74 Å². The molecule has 0 aliphatic rings. The standard InChI is InChI=1S/C12H13ClN2OS/c1-14-12-15-10(7-17-12)6-8-5-9(13)3-4-11(8)16-2/h3-5,7H,6H2,1-2H3,(H,14,15). The average Bonchev–Trinajstić information content (AvgIpc) is 2.77.